The maximum atomic E-state index is 6.23. The molecule has 2 rings (SSSR count). The van der Waals surface area contributed by atoms with Crippen molar-refractivity contribution in [2.75, 3.05) is 0 Å². The van der Waals surface area contributed by atoms with Crippen LogP contribution < -0.4 is 5.73 Å². The highest BCUT2D eigenvalue weighted by molar-refractivity contribution is 7.09. The van der Waals surface area contributed by atoms with Crippen LogP contribution in [-0.2, 0) is 6.42 Å². The van der Waals surface area contributed by atoms with Crippen LogP contribution in [0.2, 0.25) is 0 Å². The van der Waals surface area contributed by atoms with Crippen LogP contribution in [0.1, 0.15) is 34.3 Å². The first kappa shape index (κ1) is 12.3. The molecular weight excluding hydrogens is 228 g/mol. The van der Waals surface area contributed by atoms with Crippen LogP contribution in [0.3, 0.4) is 0 Å². The summed E-state index contributed by atoms with van der Waals surface area (Å²) in [4.78, 5) is 5.78. The first-order chi connectivity index (χ1) is 8.15. The number of pyridine rings is 1. The maximum absolute atomic E-state index is 6.23. The molecule has 0 amide bonds. The van der Waals surface area contributed by atoms with Crippen LogP contribution in [0.15, 0.2) is 29.6 Å². The van der Waals surface area contributed by atoms with E-state index < -0.39 is 0 Å². The van der Waals surface area contributed by atoms with Gasteiger partial charge in [-0.15, -0.1) is 11.3 Å². The zero-order valence-electron chi connectivity index (χ0n) is 10.3. The van der Waals surface area contributed by atoms with E-state index in [-0.39, 0.29) is 6.04 Å². The highest BCUT2D eigenvalue weighted by Crippen LogP contribution is 2.20. The Morgan fingerprint density at radius 2 is 2.00 bits per heavy atom. The van der Waals surface area contributed by atoms with Gasteiger partial charge in [-0.2, -0.15) is 0 Å². The Kier molecular flexibility index (Phi) is 3.92. The molecule has 0 aromatic carbocycles. The van der Waals surface area contributed by atoms with E-state index >= 15 is 0 Å². The van der Waals surface area contributed by atoms with Gasteiger partial charge in [0, 0.05) is 22.3 Å². The minimum absolute atomic E-state index is 0.109. The molecule has 90 valence electrons. The highest BCUT2D eigenvalue weighted by Gasteiger charge is 2.08. The molecule has 0 aliphatic heterocycles. The van der Waals surface area contributed by atoms with Crippen molar-refractivity contribution in [3.63, 3.8) is 0 Å². The van der Waals surface area contributed by atoms with Crippen molar-refractivity contribution in [2.24, 2.45) is 5.73 Å². The summed E-state index contributed by atoms with van der Waals surface area (Å²) in [5, 5.41) is 2.11. The summed E-state index contributed by atoms with van der Waals surface area (Å²) in [6.07, 6.45) is 2.04. The minimum atomic E-state index is 0.109. The molecule has 0 aliphatic carbocycles. The average molecular weight is 246 g/mol. The molecule has 2 N–H and O–H groups in total. The SMILES string of the molecule is Cc1cc(C(N)CCc2cccs2)cc(C)n1. The summed E-state index contributed by atoms with van der Waals surface area (Å²) in [6, 6.07) is 8.54. The van der Waals surface area contributed by atoms with E-state index in [2.05, 4.69) is 34.6 Å². The number of aromatic nitrogens is 1. The number of nitrogens with two attached hydrogens (primary N) is 1. The zero-order valence-corrected chi connectivity index (χ0v) is 11.1. The Morgan fingerprint density at radius 1 is 1.29 bits per heavy atom. The van der Waals surface area contributed by atoms with E-state index in [9.17, 15) is 0 Å². The van der Waals surface area contributed by atoms with Gasteiger partial charge in [0.05, 0.1) is 0 Å². The van der Waals surface area contributed by atoms with Crippen molar-refractivity contribution in [1.29, 1.82) is 0 Å². The maximum Gasteiger partial charge on any atom is 0.0379 e. The number of aryl methyl sites for hydroxylation is 3. The molecule has 2 nitrogen and oxygen atoms in total. The van der Waals surface area contributed by atoms with Crippen LogP contribution in [0.5, 0.6) is 0 Å². The first-order valence-corrected chi connectivity index (χ1v) is 6.76. The summed E-state index contributed by atoms with van der Waals surface area (Å²) in [5.41, 5.74) is 9.52. The molecule has 17 heavy (non-hydrogen) atoms. The molecule has 0 spiro atoms. The van der Waals surface area contributed by atoms with Crippen LogP contribution >= 0.6 is 11.3 Å². The Morgan fingerprint density at radius 3 is 2.59 bits per heavy atom. The molecule has 2 aromatic rings. The number of nitrogens with zero attached hydrogens (tertiary/aromatic N) is 1. The highest BCUT2D eigenvalue weighted by atomic mass is 32.1. The largest absolute Gasteiger partial charge is 0.324 e. The second-order valence-corrected chi connectivity index (χ2v) is 5.44. The van der Waals surface area contributed by atoms with Gasteiger partial charge < -0.3 is 5.73 Å². The lowest BCUT2D eigenvalue weighted by Crippen LogP contribution is -2.12. The monoisotopic (exact) mass is 246 g/mol. The number of hydrogen-bond acceptors (Lipinski definition) is 3. The van der Waals surface area contributed by atoms with E-state index in [1.807, 2.05) is 13.8 Å². The molecule has 0 saturated heterocycles. The second-order valence-electron chi connectivity index (χ2n) is 4.41. The molecular formula is C14H18N2S. The topological polar surface area (TPSA) is 38.9 Å². The summed E-state index contributed by atoms with van der Waals surface area (Å²) < 4.78 is 0. The molecule has 1 unspecified atom stereocenters. The first-order valence-electron chi connectivity index (χ1n) is 5.88. The summed E-state index contributed by atoms with van der Waals surface area (Å²) in [6.45, 7) is 4.03. The lowest BCUT2D eigenvalue weighted by molar-refractivity contribution is 0.653. The van der Waals surface area contributed by atoms with Gasteiger partial charge in [-0.25, -0.2) is 0 Å². The average Bonchev–Trinajstić information content (AvgIpc) is 2.77. The fourth-order valence-corrected chi connectivity index (χ4v) is 2.72. The fourth-order valence-electron chi connectivity index (χ4n) is 2.00. The van der Waals surface area contributed by atoms with Crippen LogP contribution in [0.4, 0.5) is 0 Å². The van der Waals surface area contributed by atoms with E-state index in [0.717, 1.165) is 24.2 Å². The van der Waals surface area contributed by atoms with Gasteiger partial charge in [-0.05, 0) is 55.8 Å². The predicted molar refractivity (Wildman–Crippen MR) is 73.3 cm³/mol. The molecule has 1 atom stereocenters. The van der Waals surface area contributed by atoms with Crippen molar-refractivity contribution in [3.8, 4) is 0 Å². The molecule has 0 radical (unpaired) electrons. The van der Waals surface area contributed by atoms with Crippen molar-refractivity contribution < 1.29 is 0 Å². The van der Waals surface area contributed by atoms with Gasteiger partial charge in [0.15, 0.2) is 0 Å². The summed E-state index contributed by atoms with van der Waals surface area (Å²) in [7, 11) is 0. The molecule has 3 heteroatoms. The molecule has 0 bridgehead atoms. The van der Waals surface area contributed by atoms with E-state index in [1.54, 1.807) is 11.3 Å². The standard InChI is InChI=1S/C14H18N2S/c1-10-8-12(9-11(2)16-10)14(15)6-5-13-4-3-7-17-13/h3-4,7-9,14H,5-6,15H2,1-2H3. The van der Waals surface area contributed by atoms with Crippen LogP contribution in [-0.4, -0.2) is 4.98 Å². The summed E-state index contributed by atoms with van der Waals surface area (Å²) in [5.74, 6) is 0. The molecule has 0 fully saturated rings. The van der Waals surface area contributed by atoms with Gasteiger partial charge in [-0.3, -0.25) is 4.98 Å². The Bertz CT molecular complexity index is 457. The summed E-state index contributed by atoms with van der Waals surface area (Å²) >= 11 is 1.80. The second kappa shape index (κ2) is 5.43. The molecule has 0 aliphatic rings. The minimum Gasteiger partial charge on any atom is -0.324 e. The Hall–Kier alpha value is -1.19. The van der Waals surface area contributed by atoms with Crippen molar-refractivity contribution in [1.82, 2.24) is 4.98 Å². The third-order valence-electron chi connectivity index (χ3n) is 2.81. The lowest BCUT2D eigenvalue weighted by atomic mass is 10.0. The molecule has 0 saturated carbocycles. The number of thiophene rings is 1. The van der Waals surface area contributed by atoms with Gasteiger partial charge in [0.1, 0.15) is 0 Å². The number of hydrogen-bond donors (Lipinski definition) is 1. The van der Waals surface area contributed by atoms with Crippen LogP contribution in [0.25, 0.3) is 0 Å². The molecule has 2 aromatic heterocycles. The Labute approximate surface area is 107 Å². The van der Waals surface area contributed by atoms with Gasteiger partial charge in [0.2, 0.25) is 0 Å². The third kappa shape index (κ3) is 3.38. The zero-order chi connectivity index (χ0) is 12.3. The van der Waals surface area contributed by atoms with Crippen LogP contribution in [0, 0.1) is 13.8 Å². The quantitative estimate of drug-likeness (QED) is 0.898. The van der Waals surface area contributed by atoms with E-state index in [0.29, 0.717) is 0 Å². The predicted octanol–water partition coefficient (Wildman–Crippen LogP) is 3.39. The van der Waals surface area contributed by atoms with Gasteiger partial charge >= 0.3 is 0 Å². The van der Waals surface area contributed by atoms with E-state index in [1.165, 1.54) is 10.4 Å². The Balaban J connectivity index is 2.01. The van der Waals surface area contributed by atoms with Gasteiger partial charge in [0.25, 0.3) is 0 Å². The van der Waals surface area contributed by atoms with E-state index in [4.69, 9.17) is 5.73 Å². The third-order valence-corrected chi connectivity index (χ3v) is 3.75. The number of rotatable bonds is 4. The van der Waals surface area contributed by atoms with Crippen molar-refractivity contribution in [2.45, 2.75) is 32.7 Å². The smallest absolute Gasteiger partial charge is 0.0379 e. The van der Waals surface area contributed by atoms with Crippen molar-refractivity contribution in [3.05, 3.63) is 51.5 Å². The fraction of sp³-hybridized carbons (Fsp3) is 0.357. The normalized spacial score (nSPS) is 12.6. The lowest BCUT2D eigenvalue weighted by Gasteiger charge is -2.12. The molecule has 2 heterocycles. The van der Waals surface area contributed by atoms with Crippen molar-refractivity contribution >= 4 is 11.3 Å². The van der Waals surface area contributed by atoms with Gasteiger partial charge in [-0.1, -0.05) is 6.07 Å².